The predicted molar refractivity (Wildman–Crippen MR) is 75.6 cm³/mol. The van der Waals surface area contributed by atoms with Gasteiger partial charge in [-0.3, -0.25) is 9.69 Å². The molecule has 18 heavy (non-hydrogen) atoms. The average Bonchev–Trinajstić information content (AvgIpc) is 2.37. The molecule has 0 spiro atoms. The lowest BCUT2D eigenvalue weighted by Gasteiger charge is -2.15. The van der Waals surface area contributed by atoms with Crippen LogP contribution in [0.2, 0.25) is 0 Å². The van der Waals surface area contributed by atoms with E-state index < -0.39 is 0 Å². The quantitative estimate of drug-likeness (QED) is 0.764. The summed E-state index contributed by atoms with van der Waals surface area (Å²) in [6, 6.07) is 10.2. The van der Waals surface area contributed by atoms with E-state index in [1.807, 2.05) is 25.2 Å². The Kier molecular flexibility index (Phi) is 7.11. The van der Waals surface area contributed by atoms with E-state index in [-0.39, 0.29) is 5.91 Å². The van der Waals surface area contributed by atoms with Crippen molar-refractivity contribution < 1.29 is 4.79 Å². The topological polar surface area (TPSA) is 32.3 Å². The molecule has 0 saturated carbocycles. The van der Waals surface area contributed by atoms with Crippen molar-refractivity contribution in [1.82, 2.24) is 10.2 Å². The molecule has 0 fully saturated rings. The van der Waals surface area contributed by atoms with Crippen LogP contribution in [0, 0.1) is 0 Å². The fraction of sp³-hybridized carbons (Fsp3) is 0.533. The van der Waals surface area contributed by atoms with Gasteiger partial charge in [-0.15, -0.1) is 0 Å². The van der Waals surface area contributed by atoms with Crippen LogP contribution in [-0.2, 0) is 11.2 Å². The van der Waals surface area contributed by atoms with E-state index in [9.17, 15) is 4.79 Å². The molecule has 0 unspecified atom stereocenters. The van der Waals surface area contributed by atoms with Crippen molar-refractivity contribution in [3.63, 3.8) is 0 Å². The highest BCUT2D eigenvalue weighted by Gasteiger charge is 2.05. The molecule has 3 heteroatoms. The third-order valence-corrected chi connectivity index (χ3v) is 2.89. The lowest BCUT2D eigenvalue weighted by Crippen LogP contribution is -2.36. The molecule has 1 rings (SSSR count). The Morgan fingerprint density at radius 2 is 2.00 bits per heavy atom. The Bertz CT molecular complexity index is 338. The maximum atomic E-state index is 11.7. The first-order valence-electron chi connectivity index (χ1n) is 6.71. The third kappa shape index (κ3) is 6.40. The number of nitrogens with one attached hydrogen (secondary N) is 1. The number of unbranched alkanes of at least 4 members (excludes halogenated alkanes) is 1. The van der Waals surface area contributed by atoms with Gasteiger partial charge in [0, 0.05) is 6.54 Å². The van der Waals surface area contributed by atoms with Gasteiger partial charge in [-0.2, -0.15) is 0 Å². The molecule has 0 bridgehead atoms. The number of rotatable bonds is 8. The summed E-state index contributed by atoms with van der Waals surface area (Å²) in [5, 5.41) is 2.96. The van der Waals surface area contributed by atoms with Crippen molar-refractivity contribution in [3.05, 3.63) is 35.9 Å². The summed E-state index contributed by atoms with van der Waals surface area (Å²) in [6.45, 7) is 4.36. The highest BCUT2D eigenvalue weighted by Crippen LogP contribution is 1.98. The molecule has 3 nitrogen and oxygen atoms in total. The highest BCUT2D eigenvalue weighted by atomic mass is 16.2. The number of carbonyl (C=O) groups is 1. The lowest BCUT2D eigenvalue weighted by molar-refractivity contribution is -0.121. The second kappa shape index (κ2) is 8.70. The van der Waals surface area contributed by atoms with E-state index in [1.54, 1.807) is 0 Å². The predicted octanol–water partition coefficient (Wildman–Crippen LogP) is 2.08. The molecule has 0 atom stereocenters. The smallest absolute Gasteiger partial charge is 0.234 e. The number of hydrogen-bond donors (Lipinski definition) is 1. The van der Waals surface area contributed by atoms with Gasteiger partial charge in [-0.05, 0) is 32.0 Å². The van der Waals surface area contributed by atoms with Crippen molar-refractivity contribution >= 4 is 5.91 Å². The third-order valence-electron chi connectivity index (χ3n) is 2.89. The molecule has 0 radical (unpaired) electrons. The van der Waals surface area contributed by atoms with Gasteiger partial charge in [0.2, 0.25) is 5.91 Å². The van der Waals surface area contributed by atoms with Gasteiger partial charge in [0.05, 0.1) is 6.54 Å². The molecule has 100 valence electrons. The summed E-state index contributed by atoms with van der Waals surface area (Å²) in [7, 11) is 1.99. The molecule has 0 heterocycles. The Hall–Kier alpha value is -1.35. The van der Waals surface area contributed by atoms with E-state index in [4.69, 9.17) is 0 Å². The normalized spacial score (nSPS) is 10.6. The maximum absolute atomic E-state index is 11.7. The molecule has 0 aromatic heterocycles. The van der Waals surface area contributed by atoms with E-state index in [0.717, 1.165) is 19.4 Å². The van der Waals surface area contributed by atoms with Gasteiger partial charge in [0.25, 0.3) is 0 Å². The van der Waals surface area contributed by atoms with Gasteiger partial charge >= 0.3 is 0 Å². The van der Waals surface area contributed by atoms with Gasteiger partial charge in [-0.1, -0.05) is 43.7 Å². The van der Waals surface area contributed by atoms with Crippen molar-refractivity contribution in [1.29, 1.82) is 0 Å². The number of likely N-dealkylation sites (N-methyl/N-ethyl adjacent to an activating group) is 1. The molecule has 0 aliphatic heterocycles. The molecule has 0 aliphatic rings. The van der Waals surface area contributed by atoms with Crippen LogP contribution in [0.3, 0.4) is 0 Å². The van der Waals surface area contributed by atoms with E-state index in [1.165, 1.54) is 12.0 Å². The molecule has 1 aromatic carbocycles. The van der Waals surface area contributed by atoms with Gasteiger partial charge in [0.1, 0.15) is 0 Å². The van der Waals surface area contributed by atoms with Gasteiger partial charge in [0.15, 0.2) is 0 Å². The maximum Gasteiger partial charge on any atom is 0.234 e. The van der Waals surface area contributed by atoms with Gasteiger partial charge in [-0.25, -0.2) is 0 Å². The number of benzene rings is 1. The number of hydrogen-bond acceptors (Lipinski definition) is 2. The van der Waals surface area contributed by atoms with Crippen LogP contribution in [0.15, 0.2) is 30.3 Å². The average molecular weight is 248 g/mol. The van der Waals surface area contributed by atoms with E-state index in [2.05, 4.69) is 29.3 Å². The monoisotopic (exact) mass is 248 g/mol. The summed E-state index contributed by atoms with van der Waals surface area (Å²) in [5.41, 5.74) is 1.26. The summed E-state index contributed by atoms with van der Waals surface area (Å²) in [5.74, 6) is 0.115. The number of nitrogens with zero attached hydrogens (tertiary/aromatic N) is 1. The second-order valence-corrected chi connectivity index (χ2v) is 4.68. The van der Waals surface area contributed by atoms with Crippen LogP contribution in [0.1, 0.15) is 25.3 Å². The SMILES string of the molecule is CCCCN(C)CC(=O)NCCc1ccccc1. The zero-order valence-electron chi connectivity index (χ0n) is 11.5. The molecule has 0 aliphatic carbocycles. The molecular weight excluding hydrogens is 224 g/mol. The van der Waals surface area contributed by atoms with Crippen molar-refractivity contribution in [3.8, 4) is 0 Å². The number of amides is 1. The Morgan fingerprint density at radius 3 is 2.67 bits per heavy atom. The van der Waals surface area contributed by atoms with E-state index in [0.29, 0.717) is 13.1 Å². The molecule has 0 saturated heterocycles. The summed E-state index contributed by atoms with van der Waals surface area (Å²) >= 11 is 0. The molecular formula is C15H24N2O. The first-order chi connectivity index (χ1) is 8.72. The van der Waals surface area contributed by atoms with Gasteiger partial charge < -0.3 is 5.32 Å². The van der Waals surface area contributed by atoms with Crippen LogP contribution < -0.4 is 5.32 Å². The zero-order chi connectivity index (χ0) is 13.2. The fourth-order valence-corrected chi connectivity index (χ4v) is 1.80. The van der Waals surface area contributed by atoms with Crippen LogP contribution >= 0.6 is 0 Å². The van der Waals surface area contributed by atoms with Crippen LogP contribution in [0.25, 0.3) is 0 Å². The van der Waals surface area contributed by atoms with Crippen LogP contribution in [0.5, 0.6) is 0 Å². The molecule has 1 amide bonds. The lowest BCUT2D eigenvalue weighted by atomic mass is 10.1. The highest BCUT2D eigenvalue weighted by molar-refractivity contribution is 5.77. The minimum absolute atomic E-state index is 0.115. The van der Waals surface area contributed by atoms with Crippen LogP contribution in [-0.4, -0.2) is 37.5 Å². The standard InChI is InChI=1S/C15H24N2O/c1-3-4-12-17(2)13-15(18)16-11-10-14-8-6-5-7-9-14/h5-9H,3-4,10-13H2,1-2H3,(H,16,18). The summed E-state index contributed by atoms with van der Waals surface area (Å²) in [6.07, 6.45) is 3.21. The second-order valence-electron chi connectivity index (χ2n) is 4.68. The van der Waals surface area contributed by atoms with Crippen molar-refractivity contribution in [2.45, 2.75) is 26.2 Å². The largest absolute Gasteiger partial charge is 0.355 e. The minimum atomic E-state index is 0.115. The Balaban J connectivity index is 2.13. The first-order valence-corrected chi connectivity index (χ1v) is 6.71. The van der Waals surface area contributed by atoms with E-state index >= 15 is 0 Å². The Labute approximate surface area is 110 Å². The summed E-state index contributed by atoms with van der Waals surface area (Å²) in [4.78, 5) is 13.7. The van der Waals surface area contributed by atoms with Crippen LogP contribution in [0.4, 0.5) is 0 Å². The van der Waals surface area contributed by atoms with Crippen molar-refractivity contribution in [2.75, 3.05) is 26.7 Å². The minimum Gasteiger partial charge on any atom is -0.355 e. The van der Waals surface area contributed by atoms with Crippen molar-refractivity contribution in [2.24, 2.45) is 0 Å². The Morgan fingerprint density at radius 1 is 1.28 bits per heavy atom. The zero-order valence-corrected chi connectivity index (χ0v) is 11.5. The molecule has 1 aromatic rings. The molecule has 1 N–H and O–H groups in total. The number of carbonyl (C=O) groups excluding carboxylic acids is 1. The summed E-state index contributed by atoms with van der Waals surface area (Å²) < 4.78 is 0. The fourth-order valence-electron chi connectivity index (χ4n) is 1.80. The first kappa shape index (κ1) is 14.7.